The molecule has 2 rings (SSSR count). The van der Waals surface area contributed by atoms with Crippen LogP contribution in [0.1, 0.15) is 36.3 Å². The normalized spacial score (nSPS) is 13.5. The third kappa shape index (κ3) is 3.01. The third-order valence-electron chi connectivity index (χ3n) is 3.94. The van der Waals surface area contributed by atoms with E-state index in [0.29, 0.717) is 0 Å². The Morgan fingerprint density at radius 1 is 0.864 bits per heavy atom. The summed E-state index contributed by atoms with van der Waals surface area (Å²) < 4.78 is 0. The lowest BCUT2D eigenvalue weighted by molar-refractivity contribution is 0.401. The highest BCUT2D eigenvalue weighted by atomic mass is 16.3. The second-order valence-corrected chi connectivity index (χ2v) is 5.27. The molecule has 0 amide bonds. The molecule has 0 bridgehead atoms. The van der Waals surface area contributed by atoms with E-state index in [0.717, 1.165) is 17.5 Å². The van der Waals surface area contributed by atoms with E-state index in [4.69, 9.17) is 0 Å². The van der Waals surface area contributed by atoms with E-state index in [-0.39, 0.29) is 34.8 Å². The van der Waals surface area contributed by atoms with E-state index in [1.165, 1.54) is 18.2 Å². The van der Waals surface area contributed by atoms with Gasteiger partial charge in [0.15, 0.2) is 23.0 Å². The largest absolute Gasteiger partial charge is 0.504 e. The van der Waals surface area contributed by atoms with Gasteiger partial charge in [0, 0.05) is 5.92 Å². The molecular formula is C18H20O4. The maximum Gasteiger partial charge on any atom is 0.157 e. The lowest BCUT2D eigenvalue weighted by atomic mass is 9.79. The molecule has 22 heavy (non-hydrogen) atoms. The smallest absolute Gasteiger partial charge is 0.157 e. The summed E-state index contributed by atoms with van der Waals surface area (Å²) in [4.78, 5) is 0. The van der Waals surface area contributed by atoms with E-state index in [1.54, 1.807) is 24.3 Å². The molecule has 0 saturated carbocycles. The first-order valence-corrected chi connectivity index (χ1v) is 7.14. The predicted molar refractivity (Wildman–Crippen MR) is 85.5 cm³/mol. The number of phenols is 4. The minimum Gasteiger partial charge on any atom is -0.504 e. The maximum absolute atomic E-state index is 9.70. The van der Waals surface area contributed by atoms with Crippen molar-refractivity contribution in [3.63, 3.8) is 0 Å². The highest BCUT2D eigenvalue weighted by Crippen LogP contribution is 2.41. The standard InChI is InChI=1S/C18H20O4/c1-3-13(11-5-7-15(19)17(21)9-11)14(4-2)12-6-8-16(20)18(22)10-12/h3,5-10,13-14,19-22H,1,4H2,2H3. The van der Waals surface area contributed by atoms with Gasteiger partial charge in [-0.1, -0.05) is 25.1 Å². The van der Waals surface area contributed by atoms with Crippen LogP contribution in [0.5, 0.6) is 23.0 Å². The van der Waals surface area contributed by atoms with Crippen LogP contribution in [0.15, 0.2) is 49.1 Å². The van der Waals surface area contributed by atoms with E-state index >= 15 is 0 Å². The van der Waals surface area contributed by atoms with Crippen LogP contribution in [-0.4, -0.2) is 20.4 Å². The van der Waals surface area contributed by atoms with Crippen LogP contribution >= 0.6 is 0 Å². The Kier molecular flexibility index (Phi) is 4.61. The molecule has 0 heterocycles. The first kappa shape index (κ1) is 15.8. The maximum atomic E-state index is 9.70. The lowest BCUT2D eigenvalue weighted by Crippen LogP contribution is -2.08. The van der Waals surface area contributed by atoms with Crippen molar-refractivity contribution in [3.8, 4) is 23.0 Å². The van der Waals surface area contributed by atoms with Gasteiger partial charge in [-0.05, 0) is 47.7 Å². The monoisotopic (exact) mass is 300 g/mol. The van der Waals surface area contributed by atoms with Gasteiger partial charge in [0.1, 0.15) is 0 Å². The van der Waals surface area contributed by atoms with Gasteiger partial charge in [0.05, 0.1) is 0 Å². The molecule has 0 aliphatic rings. The summed E-state index contributed by atoms with van der Waals surface area (Å²) in [5, 5.41) is 38.3. The van der Waals surface area contributed by atoms with E-state index in [2.05, 4.69) is 6.58 Å². The molecule has 116 valence electrons. The molecule has 2 aromatic carbocycles. The molecule has 2 aromatic rings. The van der Waals surface area contributed by atoms with Crippen molar-refractivity contribution in [2.45, 2.75) is 25.2 Å². The molecule has 0 fully saturated rings. The van der Waals surface area contributed by atoms with Crippen LogP contribution in [0.4, 0.5) is 0 Å². The van der Waals surface area contributed by atoms with Crippen molar-refractivity contribution in [2.75, 3.05) is 0 Å². The van der Waals surface area contributed by atoms with Crippen LogP contribution in [0.3, 0.4) is 0 Å². The quantitative estimate of drug-likeness (QED) is 0.497. The molecule has 4 nitrogen and oxygen atoms in total. The fraction of sp³-hybridized carbons (Fsp3) is 0.222. The van der Waals surface area contributed by atoms with E-state index < -0.39 is 0 Å². The van der Waals surface area contributed by atoms with E-state index in [1.807, 2.05) is 6.92 Å². The first-order chi connectivity index (χ1) is 10.5. The first-order valence-electron chi connectivity index (χ1n) is 7.14. The van der Waals surface area contributed by atoms with Crippen LogP contribution < -0.4 is 0 Å². The second kappa shape index (κ2) is 6.43. The highest BCUT2D eigenvalue weighted by molar-refractivity contribution is 5.46. The number of allylic oxidation sites excluding steroid dienone is 1. The Balaban J connectivity index is 2.43. The molecule has 4 N–H and O–H groups in total. The topological polar surface area (TPSA) is 80.9 Å². The Bertz CT molecular complexity index is 679. The van der Waals surface area contributed by atoms with Crippen LogP contribution in [0.25, 0.3) is 0 Å². The van der Waals surface area contributed by atoms with Gasteiger partial charge in [-0.3, -0.25) is 0 Å². The zero-order valence-electron chi connectivity index (χ0n) is 12.4. The summed E-state index contributed by atoms with van der Waals surface area (Å²) in [6.45, 7) is 5.89. The molecular weight excluding hydrogens is 280 g/mol. The summed E-state index contributed by atoms with van der Waals surface area (Å²) in [6, 6.07) is 9.47. The summed E-state index contributed by atoms with van der Waals surface area (Å²) in [5.41, 5.74) is 1.69. The van der Waals surface area contributed by atoms with Crippen molar-refractivity contribution in [1.29, 1.82) is 0 Å². The highest BCUT2D eigenvalue weighted by Gasteiger charge is 2.22. The Morgan fingerprint density at radius 3 is 1.82 bits per heavy atom. The minimum atomic E-state index is -0.173. The average molecular weight is 300 g/mol. The fourth-order valence-electron chi connectivity index (χ4n) is 2.75. The third-order valence-corrected chi connectivity index (χ3v) is 3.94. The van der Waals surface area contributed by atoms with Crippen molar-refractivity contribution < 1.29 is 20.4 Å². The molecule has 4 heteroatoms. The molecule has 2 atom stereocenters. The average Bonchev–Trinajstić information content (AvgIpc) is 2.50. The van der Waals surface area contributed by atoms with Crippen molar-refractivity contribution >= 4 is 0 Å². The Hall–Kier alpha value is -2.62. The number of benzene rings is 2. The van der Waals surface area contributed by atoms with Crippen molar-refractivity contribution in [1.82, 2.24) is 0 Å². The zero-order valence-corrected chi connectivity index (χ0v) is 12.4. The molecule has 0 saturated heterocycles. The Labute approximate surface area is 129 Å². The molecule has 0 aliphatic carbocycles. The van der Waals surface area contributed by atoms with Gasteiger partial charge < -0.3 is 20.4 Å². The van der Waals surface area contributed by atoms with Crippen molar-refractivity contribution in [2.24, 2.45) is 0 Å². The number of phenolic OH excluding ortho intramolecular Hbond substituents is 4. The summed E-state index contributed by atoms with van der Waals surface area (Å²) in [7, 11) is 0. The SMILES string of the molecule is C=CC(c1ccc(O)c(O)c1)C(CC)c1ccc(O)c(O)c1. The van der Waals surface area contributed by atoms with Gasteiger partial charge >= 0.3 is 0 Å². The van der Waals surface area contributed by atoms with E-state index in [9.17, 15) is 20.4 Å². The number of aromatic hydroxyl groups is 4. The zero-order chi connectivity index (χ0) is 16.3. The summed E-state index contributed by atoms with van der Waals surface area (Å²) >= 11 is 0. The molecule has 0 aromatic heterocycles. The minimum absolute atomic E-state index is 0.0212. The molecule has 0 aliphatic heterocycles. The van der Waals surface area contributed by atoms with Gasteiger partial charge in [-0.15, -0.1) is 6.58 Å². The summed E-state index contributed by atoms with van der Waals surface area (Å²) in [5.74, 6) is -0.730. The van der Waals surface area contributed by atoms with Crippen molar-refractivity contribution in [3.05, 3.63) is 60.2 Å². The van der Waals surface area contributed by atoms with Crippen LogP contribution in [0, 0.1) is 0 Å². The number of rotatable bonds is 5. The fourth-order valence-corrected chi connectivity index (χ4v) is 2.75. The predicted octanol–water partition coefficient (Wildman–Crippen LogP) is 3.97. The second-order valence-electron chi connectivity index (χ2n) is 5.27. The summed E-state index contributed by atoms with van der Waals surface area (Å²) in [6.07, 6.45) is 2.56. The van der Waals surface area contributed by atoms with Gasteiger partial charge in [0.2, 0.25) is 0 Å². The van der Waals surface area contributed by atoms with Gasteiger partial charge in [0.25, 0.3) is 0 Å². The number of hydrogen-bond acceptors (Lipinski definition) is 4. The lowest BCUT2D eigenvalue weighted by Gasteiger charge is -2.25. The Morgan fingerprint density at radius 2 is 1.36 bits per heavy atom. The molecule has 0 spiro atoms. The van der Waals surface area contributed by atoms with Crippen LogP contribution in [-0.2, 0) is 0 Å². The number of hydrogen-bond donors (Lipinski definition) is 4. The van der Waals surface area contributed by atoms with Crippen LogP contribution in [0.2, 0.25) is 0 Å². The van der Waals surface area contributed by atoms with Gasteiger partial charge in [-0.2, -0.15) is 0 Å². The molecule has 2 unspecified atom stereocenters. The van der Waals surface area contributed by atoms with Gasteiger partial charge in [-0.25, -0.2) is 0 Å². The molecule has 0 radical (unpaired) electrons.